The molecule has 0 saturated carbocycles. The number of hydrogen-bond acceptors (Lipinski definition) is 3. The van der Waals surface area contributed by atoms with Crippen molar-refractivity contribution >= 4 is 33.2 Å². The number of hydrogen-bond donors (Lipinski definition) is 0. The zero-order chi connectivity index (χ0) is 10.8. The Balaban J connectivity index is 2.89. The third kappa shape index (κ3) is 2.30. The van der Waals surface area contributed by atoms with Gasteiger partial charge in [-0.25, -0.2) is 4.79 Å². The maximum Gasteiger partial charge on any atom is 0.382 e. The van der Waals surface area contributed by atoms with E-state index in [0.29, 0.717) is 4.47 Å². The molecular formula is C8H7BrF2O2S. The summed E-state index contributed by atoms with van der Waals surface area (Å²) in [5, 5.41) is 1.49. The Morgan fingerprint density at radius 3 is 2.79 bits per heavy atom. The lowest BCUT2D eigenvalue weighted by Crippen LogP contribution is -2.27. The molecule has 0 saturated heterocycles. The molecule has 0 fully saturated rings. The van der Waals surface area contributed by atoms with Gasteiger partial charge in [0.2, 0.25) is 0 Å². The lowest BCUT2D eigenvalue weighted by Gasteiger charge is -2.11. The van der Waals surface area contributed by atoms with E-state index in [1.54, 1.807) is 0 Å². The summed E-state index contributed by atoms with van der Waals surface area (Å²) in [4.78, 5) is 10.6. The summed E-state index contributed by atoms with van der Waals surface area (Å²) in [6.07, 6.45) is 0. The number of halogens is 3. The van der Waals surface area contributed by atoms with E-state index in [4.69, 9.17) is 0 Å². The van der Waals surface area contributed by atoms with Crippen LogP contribution in [0.1, 0.15) is 11.8 Å². The Bertz CT molecular complexity index is 338. The molecule has 1 heterocycles. The van der Waals surface area contributed by atoms with Gasteiger partial charge in [0.15, 0.2) is 0 Å². The van der Waals surface area contributed by atoms with E-state index >= 15 is 0 Å². The summed E-state index contributed by atoms with van der Waals surface area (Å²) >= 11 is 3.85. The minimum atomic E-state index is -3.55. The molecule has 0 spiro atoms. The monoisotopic (exact) mass is 284 g/mol. The summed E-state index contributed by atoms with van der Waals surface area (Å²) in [6.45, 7) is 1.43. The SMILES string of the molecule is CCOC(=O)C(F)(F)c1cc(Br)cs1. The van der Waals surface area contributed by atoms with Gasteiger partial charge in [-0.2, -0.15) is 8.78 Å². The quantitative estimate of drug-likeness (QED) is 0.797. The van der Waals surface area contributed by atoms with Crippen LogP contribution in [0.2, 0.25) is 0 Å². The fraction of sp³-hybridized carbons (Fsp3) is 0.375. The molecule has 1 aromatic rings. The Hall–Kier alpha value is -0.490. The van der Waals surface area contributed by atoms with Gasteiger partial charge in [0.25, 0.3) is 0 Å². The van der Waals surface area contributed by atoms with Crippen molar-refractivity contribution < 1.29 is 18.3 Å². The molecule has 6 heteroatoms. The smallest absolute Gasteiger partial charge is 0.382 e. The molecule has 0 aromatic carbocycles. The number of carbonyl (C=O) groups excluding carboxylic acids is 1. The Labute approximate surface area is 92.0 Å². The van der Waals surface area contributed by atoms with Crippen molar-refractivity contribution in [3.63, 3.8) is 0 Å². The normalized spacial score (nSPS) is 11.4. The van der Waals surface area contributed by atoms with E-state index in [0.717, 1.165) is 11.3 Å². The van der Waals surface area contributed by atoms with Crippen LogP contribution < -0.4 is 0 Å². The lowest BCUT2D eigenvalue weighted by molar-refractivity contribution is -0.172. The van der Waals surface area contributed by atoms with Crippen LogP contribution >= 0.6 is 27.3 Å². The third-order valence-corrected chi connectivity index (χ3v) is 3.17. The Kier molecular flexibility index (Phi) is 3.60. The maximum absolute atomic E-state index is 13.3. The number of alkyl halides is 2. The van der Waals surface area contributed by atoms with Crippen LogP contribution in [0.4, 0.5) is 8.78 Å². The molecular weight excluding hydrogens is 278 g/mol. The average molecular weight is 285 g/mol. The first-order valence-electron chi connectivity index (χ1n) is 3.78. The van der Waals surface area contributed by atoms with Crippen LogP contribution in [0, 0.1) is 0 Å². The zero-order valence-corrected chi connectivity index (χ0v) is 9.62. The number of carbonyl (C=O) groups is 1. The van der Waals surface area contributed by atoms with E-state index in [1.807, 2.05) is 0 Å². The molecule has 0 bridgehead atoms. The molecule has 0 amide bonds. The highest BCUT2D eigenvalue weighted by Gasteiger charge is 2.43. The molecule has 78 valence electrons. The Morgan fingerprint density at radius 2 is 2.36 bits per heavy atom. The van der Waals surface area contributed by atoms with E-state index in [2.05, 4.69) is 20.7 Å². The van der Waals surface area contributed by atoms with Crippen LogP contribution in [0.5, 0.6) is 0 Å². The second-order valence-electron chi connectivity index (χ2n) is 2.42. The molecule has 0 aliphatic rings. The summed E-state index contributed by atoms with van der Waals surface area (Å²) < 4.78 is 31.3. The molecule has 0 N–H and O–H groups in total. The van der Waals surface area contributed by atoms with Crippen molar-refractivity contribution in [1.82, 2.24) is 0 Å². The first-order chi connectivity index (χ1) is 6.48. The van der Waals surface area contributed by atoms with Crippen LogP contribution in [0.25, 0.3) is 0 Å². The Morgan fingerprint density at radius 1 is 1.71 bits per heavy atom. The minimum Gasteiger partial charge on any atom is -0.461 e. The average Bonchev–Trinajstić information content (AvgIpc) is 2.52. The molecule has 0 aliphatic heterocycles. The molecule has 0 atom stereocenters. The molecule has 1 aromatic heterocycles. The molecule has 14 heavy (non-hydrogen) atoms. The largest absolute Gasteiger partial charge is 0.461 e. The van der Waals surface area contributed by atoms with Crippen molar-refractivity contribution in [3.8, 4) is 0 Å². The van der Waals surface area contributed by atoms with Crippen molar-refractivity contribution in [2.24, 2.45) is 0 Å². The van der Waals surface area contributed by atoms with E-state index in [9.17, 15) is 13.6 Å². The van der Waals surface area contributed by atoms with E-state index < -0.39 is 11.9 Å². The molecule has 0 radical (unpaired) electrons. The zero-order valence-electron chi connectivity index (χ0n) is 7.22. The highest BCUT2D eigenvalue weighted by atomic mass is 79.9. The summed E-state index contributed by atoms with van der Waals surface area (Å²) in [6, 6.07) is 1.21. The van der Waals surface area contributed by atoms with Gasteiger partial charge in [-0.05, 0) is 28.9 Å². The summed E-state index contributed by atoms with van der Waals surface area (Å²) in [5.74, 6) is -5.05. The van der Waals surface area contributed by atoms with Gasteiger partial charge in [-0.3, -0.25) is 0 Å². The van der Waals surface area contributed by atoms with E-state index in [1.165, 1.54) is 18.4 Å². The first kappa shape index (κ1) is 11.6. The number of rotatable bonds is 3. The second-order valence-corrected chi connectivity index (χ2v) is 4.25. The minimum absolute atomic E-state index is 0.0546. The maximum atomic E-state index is 13.3. The fourth-order valence-electron chi connectivity index (χ4n) is 0.800. The second kappa shape index (κ2) is 4.35. The predicted octanol–water partition coefficient (Wildman–Crippen LogP) is 3.17. The number of ether oxygens (including phenoxy) is 1. The van der Waals surface area contributed by atoms with Gasteiger partial charge in [0.1, 0.15) is 0 Å². The highest BCUT2D eigenvalue weighted by Crippen LogP contribution is 2.35. The van der Waals surface area contributed by atoms with Crippen LogP contribution in [0.15, 0.2) is 15.9 Å². The first-order valence-corrected chi connectivity index (χ1v) is 5.45. The van der Waals surface area contributed by atoms with E-state index in [-0.39, 0.29) is 11.5 Å². The van der Waals surface area contributed by atoms with Crippen LogP contribution in [-0.4, -0.2) is 12.6 Å². The van der Waals surface area contributed by atoms with Crippen LogP contribution in [-0.2, 0) is 15.5 Å². The lowest BCUT2D eigenvalue weighted by atomic mass is 10.3. The summed E-state index contributed by atoms with van der Waals surface area (Å²) in [5.41, 5.74) is 0. The topological polar surface area (TPSA) is 26.3 Å². The number of thiophene rings is 1. The number of esters is 1. The highest BCUT2D eigenvalue weighted by molar-refractivity contribution is 9.10. The van der Waals surface area contributed by atoms with Gasteiger partial charge in [-0.1, -0.05) is 0 Å². The van der Waals surface area contributed by atoms with Crippen molar-refractivity contribution in [2.45, 2.75) is 12.8 Å². The standard InChI is InChI=1S/C8H7BrF2O2S/c1-2-13-7(12)8(10,11)6-3-5(9)4-14-6/h3-4H,2H2,1H3. The van der Waals surface area contributed by atoms with Gasteiger partial charge in [0, 0.05) is 9.85 Å². The van der Waals surface area contributed by atoms with Gasteiger partial charge < -0.3 is 4.74 Å². The molecule has 1 rings (SSSR count). The fourth-order valence-corrected chi connectivity index (χ4v) is 2.19. The summed E-state index contributed by atoms with van der Waals surface area (Å²) in [7, 11) is 0. The van der Waals surface area contributed by atoms with Gasteiger partial charge in [0.05, 0.1) is 11.5 Å². The molecule has 2 nitrogen and oxygen atoms in total. The van der Waals surface area contributed by atoms with Gasteiger partial charge in [-0.15, -0.1) is 11.3 Å². The van der Waals surface area contributed by atoms with Crippen LogP contribution in [0.3, 0.4) is 0 Å². The van der Waals surface area contributed by atoms with Gasteiger partial charge >= 0.3 is 11.9 Å². The predicted molar refractivity (Wildman–Crippen MR) is 52.5 cm³/mol. The van der Waals surface area contributed by atoms with Crippen molar-refractivity contribution in [3.05, 3.63) is 20.8 Å². The van der Waals surface area contributed by atoms with Crippen molar-refractivity contribution in [1.29, 1.82) is 0 Å². The van der Waals surface area contributed by atoms with Crippen molar-refractivity contribution in [2.75, 3.05) is 6.61 Å². The third-order valence-electron chi connectivity index (χ3n) is 1.41. The molecule has 0 unspecified atom stereocenters. The molecule has 0 aliphatic carbocycles.